The molecule has 5 rings (SSSR count). The number of nitrogens with zero attached hydrogens (tertiary/aromatic N) is 1. The van der Waals surface area contributed by atoms with Gasteiger partial charge >= 0.3 is 0 Å². The number of halogens is 1. The molecule has 1 aliphatic carbocycles. The minimum Gasteiger partial charge on any atom is -0.457 e. The van der Waals surface area contributed by atoms with Crippen LogP contribution in [-0.2, 0) is 9.59 Å². The smallest absolute Gasteiger partial charge is 0.240 e. The van der Waals surface area contributed by atoms with Gasteiger partial charge in [-0.1, -0.05) is 11.5 Å². The van der Waals surface area contributed by atoms with Crippen LogP contribution in [0.4, 0.5) is 15.8 Å². The van der Waals surface area contributed by atoms with Crippen molar-refractivity contribution in [3.05, 3.63) is 84.8 Å². The Hall–Kier alpha value is -4.20. The van der Waals surface area contributed by atoms with Crippen LogP contribution in [0, 0.1) is 11.2 Å². The van der Waals surface area contributed by atoms with Crippen molar-refractivity contribution in [3.63, 3.8) is 0 Å². The molecule has 34 heavy (non-hydrogen) atoms. The summed E-state index contributed by atoms with van der Waals surface area (Å²) >= 11 is 0. The molecular formula is C26H21BFN3O3. The molecule has 2 amide bonds. The normalized spacial score (nSPS) is 13.8. The van der Waals surface area contributed by atoms with Crippen molar-refractivity contribution in [1.82, 2.24) is 4.98 Å². The number of carbonyl (C=O) groups excluding carboxylic acids is 2. The van der Waals surface area contributed by atoms with Gasteiger partial charge in [0, 0.05) is 23.0 Å². The fourth-order valence-electron chi connectivity index (χ4n) is 3.77. The lowest BCUT2D eigenvalue weighted by Crippen LogP contribution is -2.35. The molecular weight excluding hydrogens is 432 g/mol. The van der Waals surface area contributed by atoms with Crippen molar-refractivity contribution in [1.29, 1.82) is 0 Å². The lowest BCUT2D eigenvalue weighted by Gasteiger charge is -2.16. The summed E-state index contributed by atoms with van der Waals surface area (Å²) in [5, 5.41) is 6.43. The number of fused-ring (bicyclic) bond motifs is 1. The molecule has 2 N–H and O–H groups in total. The SMILES string of the molecule is Bc1ccc2c(Oc3ccc(NC(=O)C4(C(=O)Nc5ccc(F)cc5)CC4)cc3)ccnc2c1. The Labute approximate surface area is 196 Å². The van der Waals surface area contributed by atoms with Crippen LogP contribution < -0.4 is 20.8 Å². The number of carbonyl (C=O) groups is 2. The van der Waals surface area contributed by atoms with Gasteiger partial charge in [0.25, 0.3) is 0 Å². The summed E-state index contributed by atoms with van der Waals surface area (Å²) < 4.78 is 19.1. The standard InChI is InChI=1S/C26H21BFN3O3/c27-16-1-10-21-22(15-16)29-14-11-23(21)34-20-8-6-19(7-9-20)31-25(33)26(12-13-26)24(32)30-18-4-2-17(28)3-5-18/h1-11,14-15H,12-13,27H2,(H,30,32)(H,31,33). The van der Waals surface area contributed by atoms with E-state index in [0.717, 1.165) is 16.4 Å². The molecule has 0 aliphatic heterocycles. The van der Waals surface area contributed by atoms with E-state index >= 15 is 0 Å². The molecule has 1 aliphatic rings. The summed E-state index contributed by atoms with van der Waals surface area (Å²) in [4.78, 5) is 30.0. The summed E-state index contributed by atoms with van der Waals surface area (Å²) in [6, 6.07) is 20.2. The first-order valence-corrected chi connectivity index (χ1v) is 10.9. The maximum absolute atomic E-state index is 13.1. The number of pyridine rings is 1. The van der Waals surface area contributed by atoms with Crippen LogP contribution in [0.25, 0.3) is 10.9 Å². The molecule has 1 saturated carbocycles. The molecule has 8 heteroatoms. The van der Waals surface area contributed by atoms with Crippen molar-refractivity contribution in [2.45, 2.75) is 12.8 Å². The lowest BCUT2D eigenvalue weighted by atomic mass is 9.95. The summed E-state index contributed by atoms with van der Waals surface area (Å²) in [5.74, 6) is 0.154. The number of hydrogen-bond acceptors (Lipinski definition) is 4. The Balaban J connectivity index is 1.25. The highest BCUT2D eigenvalue weighted by molar-refractivity contribution is 6.33. The van der Waals surface area contributed by atoms with Crippen LogP contribution in [0.5, 0.6) is 11.5 Å². The van der Waals surface area contributed by atoms with E-state index in [1.165, 1.54) is 24.3 Å². The fourth-order valence-corrected chi connectivity index (χ4v) is 3.77. The first-order chi connectivity index (χ1) is 16.4. The van der Waals surface area contributed by atoms with E-state index in [9.17, 15) is 14.0 Å². The van der Waals surface area contributed by atoms with Crippen LogP contribution in [0.3, 0.4) is 0 Å². The van der Waals surface area contributed by atoms with Gasteiger partial charge in [-0.25, -0.2) is 4.39 Å². The van der Waals surface area contributed by atoms with Gasteiger partial charge in [-0.05, 0) is 79.6 Å². The van der Waals surface area contributed by atoms with E-state index in [-0.39, 0.29) is 5.91 Å². The van der Waals surface area contributed by atoms with Gasteiger partial charge in [0.2, 0.25) is 11.8 Å². The van der Waals surface area contributed by atoms with Crippen LogP contribution in [-0.4, -0.2) is 24.6 Å². The average molecular weight is 453 g/mol. The molecule has 0 bridgehead atoms. The van der Waals surface area contributed by atoms with E-state index in [0.29, 0.717) is 35.7 Å². The van der Waals surface area contributed by atoms with E-state index in [1.807, 2.05) is 32.1 Å². The molecule has 4 aromatic rings. The van der Waals surface area contributed by atoms with Crippen molar-refractivity contribution in [2.75, 3.05) is 10.6 Å². The van der Waals surface area contributed by atoms with Gasteiger partial charge in [-0.15, -0.1) is 0 Å². The summed E-state index contributed by atoms with van der Waals surface area (Å²) in [5.41, 5.74) is 1.88. The maximum atomic E-state index is 13.1. The molecule has 0 spiro atoms. The first kappa shape index (κ1) is 21.6. The molecule has 0 atom stereocenters. The number of hydrogen-bond donors (Lipinski definition) is 2. The zero-order valence-corrected chi connectivity index (χ0v) is 18.5. The van der Waals surface area contributed by atoms with E-state index in [1.54, 1.807) is 30.5 Å². The molecule has 168 valence electrons. The molecule has 0 saturated heterocycles. The molecule has 3 aromatic carbocycles. The third-order valence-electron chi connectivity index (χ3n) is 5.92. The number of anilines is 2. The second-order valence-electron chi connectivity index (χ2n) is 8.45. The lowest BCUT2D eigenvalue weighted by molar-refractivity contribution is -0.131. The highest BCUT2D eigenvalue weighted by atomic mass is 19.1. The number of aromatic nitrogens is 1. The first-order valence-electron chi connectivity index (χ1n) is 10.9. The van der Waals surface area contributed by atoms with Crippen LogP contribution in [0.15, 0.2) is 79.0 Å². The maximum Gasteiger partial charge on any atom is 0.240 e. The number of benzene rings is 3. The van der Waals surface area contributed by atoms with E-state index in [4.69, 9.17) is 4.74 Å². The van der Waals surface area contributed by atoms with Gasteiger partial charge in [0.1, 0.15) is 30.6 Å². The predicted molar refractivity (Wildman–Crippen MR) is 132 cm³/mol. The predicted octanol–water partition coefficient (Wildman–Crippen LogP) is 3.78. The largest absolute Gasteiger partial charge is 0.457 e. The molecule has 0 radical (unpaired) electrons. The number of amides is 2. The number of ether oxygens (including phenoxy) is 1. The van der Waals surface area contributed by atoms with Crippen molar-refractivity contribution in [2.24, 2.45) is 5.41 Å². The third-order valence-corrected chi connectivity index (χ3v) is 5.92. The molecule has 6 nitrogen and oxygen atoms in total. The second kappa shape index (κ2) is 8.63. The zero-order valence-electron chi connectivity index (χ0n) is 18.5. The third kappa shape index (κ3) is 4.35. The Morgan fingerprint density at radius 2 is 1.50 bits per heavy atom. The van der Waals surface area contributed by atoms with E-state index in [2.05, 4.69) is 15.6 Å². The molecule has 0 unspecified atom stereocenters. The topological polar surface area (TPSA) is 80.3 Å². The van der Waals surface area contributed by atoms with Gasteiger partial charge in [-0.3, -0.25) is 14.6 Å². The van der Waals surface area contributed by atoms with Crippen molar-refractivity contribution in [3.8, 4) is 11.5 Å². The minimum atomic E-state index is -1.11. The van der Waals surface area contributed by atoms with Gasteiger partial charge in [-0.2, -0.15) is 0 Å². The highest BCUT2D eigenvalue weighted by Gasteiger charge is 2.56. The minimum absolute atomic E-state index is 0.365. The average Bonchev–Trinajstić information content (AvgIpc) is 3.64. The molecule has 1 aromatic heterocycles. The Bertz CT molecular complexity index is 1390. The Morgan fingerprint density at radius 1 is 0.882 bits per heavy atom. The highest BCUT2D eigenvalue weighted by Crippen LogP contribution is 2.47. The fraction of sp³-hybridized carbons (Fsp3) is 0.115. The monoisotopic (exact) mass is 453 g/mol. The number of nitrogens with one attached hydrogen (secondary N) is 2. The van der Waals surface area contributed by atoms with Crippen LogP contribution in [0.2, 0.25) is 0 Å². The van der Waals surface area contributed by atoms with Crippen LogP contribution >= 0.6 is 0 Å². The number of rotatable bonds is 6. The van der Waals surface area contributed by atoms with Gasteiger partial charge in [0.15, 0.2) is 0 Å². The van der Waals surface area contributed by atoms with Gasteiger partial charge in [0.05, 0.1) is 5.52 Å². The van der Waals surface area contributed by atoms with Crippen LogP contribution in [0.1, 0.15) is 12.8 Å². The molecule has 1 fully saturated rings. The summed E-state index contributed by atoms with van der Waals surface area (Å²) in [6.07, 6.45) is 2.63. The van der Waals surface area contributed by atoms with Crippen molar-refractivity contribution >= 4 is 47.4 Å². The van der Waals surface area contributed by atoms with Crippen molar-refractivity contribution < 1.29 is 18.7 Å². The Kier molecular flexibility index (Phi) is 5.49. The Morgan fingerprint density at radius 3 is 2.12 bits per heavy atom. The zero-order chi connectivity index (χ0) is 23.7. The van der Waals surface area contributed by atoms with E-state index < -0.39 is 17.1 Å². The second-order valence-corrected chi connectivity index (χ2v) is 8.45. The summed E-state index contributed by atoms with van der Waals surface area (Å²) in [6.45, 7) is 0. The molecule has 1 heterocycles. The van der Waals surface area contributed by atoms with Gasteiger partial charge < -0.3 is 15.4 Å². The summed E-state index contributed by atoms with van der Waals surface area (Å²) in [7, 11) is 2.01. The quantitative estimate of drug-likeness (QED) is 0.344.